The zero-order chi connectivity index (χ0) is 18.0. The van der Waals surface area contributed by atoms with E-state index in [1.54, 1.807) is 26.0 Å². The molecule has 1 amide bonds. The molecule has 0 bridgehead atoms. The fourth-order valence-corrected chi connectivity index (χ4v) is 3.87. The Morgan fingerprint density at radius 3 is 2.38 bits per heavy atom. The van der Waals surface area contributed by atoms with Gasteiger partial charge >= 0.3 is 0 Å². The smallest absolute Gasteiger partial charge is 0.251 e. The molecular weight excluding hydrogens is 372 g/mol. The van der Waals surface area contributed by atoms with Crippen molar-refractivity contribution in [2.45, 2.75) is 43.6 Å². The number of amides is 1. The van der Waals surface area contributed by atoms with Gasteiger partial charge in [-0.25, -0.2) is 8.42 Å². The van der Waals surface area contributed by atoms with Gasteiger partial charge in [0.25, 0.3) is 5.91 Å². The number of halogens is 1. The third-order valence-electron chi connectivity index (χ3n) is 4.42. The van der Waals surface area contributed by atoms with Crippen LogP contribution in [0.4, 0.5) is 0 Å². The van der Waals surface area contributed by atoms with Gasteiger partial charge in [-0.05, 0) is 54.8 Å². The van der Waals surface area contributed by atoms with Crippen LogP contribution in [0.3, 0.4) is 0 Å². The molecule has 0 unspecified atom stereocenters. The summed E-state index contributed by atoms with van der Waals surface area (Å²) in [7, 11) is -3.32. The summed E-state index contributed by atoms with van der Waals surface area (Å²) >= 11 is 0. The van der Waals surface area contributed by atoms with Crippen LogP contribution < -0.4 is 10.6 Å². The van der Waals surface area contributed by atoms with Crippen molar-refractivity contribution in [2.24, 2.45) is 0 Å². The molecule has 0 aliphatic carbocycles. The Morgan fingerprint density at radius 2 is 1.73 bits per heavy atom. The molecule has 2 aromatic rings. The van der Waals surface area contributed by atoms with Gasteiger partial charge in [-0.2, -0.15) is 0 Å². The summed E-state index contributed by atoms with van der Waals surface area (Å²) in [6.45, 7) is 5.48. The van der Waals surface area contributed by atoms with Crippen molar-refractivity contribution in [3.05, 3.63) is 64.7 Å². The topological polar surface area (TPSA) is 75.3 Å². The van der Waals surface area contributed by atoms with E-state index in [1.165, 1.54) is 23.3 Å². The Hall–Kier alpha value is -1.89. The van der Waals surface area contributed by atoms with E-state index >= 15 is 0 Å². The number of nitrogens with one attached hydrogen (secondary N) is 2. The van der Waals surface area contributed by atoms with E-state index in [0.717, 1.165) is 18.7 Å². The fraction of sp³-hybridized carbons (Fsp3) is 0.316. The van der Waals surface area contributed by atoms with E-state index in [1.807, 2.05) is 6.07 Å². The SMILES string of the molecule is CC(C)S(=O)(=O)c1ccc(C(=O)NCc2ccc3c(c2)CNC3)cc1.Cl. The Bertz CT molecular complexity index is 894. The van der Waals surface area contributed by atoms with E-state index in [0.29, 0.717) is 12.1 Å². The first-order valence-electron chi connectivity index (χ1n) is 8.31. The van der Waals surface area contributed by atoms with Gasteiger partial charge < -0.3 is 10.6 Å². The van der Waals surface area contributed by atoms with Gasteiger partial charge in [0.15, 0.2) is 9.84 Å². The maximum absolute atomic E-state index is 12.3. The molecule has 26 heavy (non-hydrogen) atoms. The summed E-state index contributed by atoms with van der Waals surface area (Å²) in [6, 6.07) is 12.3. The number of rotatable bonds is 5. The lowest BCUT2D eigenvalue weighted by Crippen LogP contribution is -2.23. The zero-order valence-corrected chi connectivity index (χ0v) is 16.4. The van der Waals surface area contributed by atoms with E-state index < -0.39 is 15.1 Å². The van der Waals surface area contributed by atoms with Crippen LogP contribution in [0.2, 0.25) is 0 Å². The fourth-order valence-electron chi connectivity index (χ4n) is 2.81. The third kappa shape index (κ3) is 4.26. The molecule has 0 aromatic heterocycles. The quantitative estimate of drug-likeness (QED) is 0.817. The van der Waals surface area contributed by atoms with Crippen molar-refractivity contribution in [1.29, 1.82) is 0 Å². The molecule has 2 aromatic carbocycles. The van der Waals surface area contributed by atoms with Crippen molar-refractivity contribution in [3.8, 4) is 0 Å². The van der Waals surface area contributed by atoms with Gasteiger partial charge in [-0.15, -0.1) is 12.4 Å². The molecule has 7 heteroatoms. The number of hydrogen-bond acceptors (Lipinski definition) is 4. The second-order valence-electron chi connectivity index (χ2n) is 6.51. The Morgan fingerprint density at radius 1 is 1.08 bits per heavy atom. The highest BCUT2D eigenvalue weighted by molar-refractivity contribution is 7.92. The second kappa shape index (κ2) is 8.20. The summed E-state index contributed by atoms with van der Waals surface area (Å²) in [5.41, 5.74) is 4.08. The van der Waals surface area contributed by atoms with Gasteiger partial charge in [-0.3, -0.25) is 4.79 Å². The molecule has 5 nitrogen and oxygen atoms in total. The summed E-state index contributed by atoms with van der Waals surface area (Å²) in [5.74, 6) is -0.216. The average molecular weight is 395 g/mol. The van der Waals surface area contributed by atoms with Crippen LogP contribution in [0, 0.1) is 0 Å². The van der Waals surface area contributed by atoms with Crippen LogP contribution in [0.15, 0.2) is 47.4 Å². The molecule has 0 saturated heterocycles. The van der Waals surface area contributed by atoms with Crippen LogP contribution >= 0.6 is 12.4 Å². The Kier molecular flexibility index (Phi) is 6.44. The van der Waals surface area contributed by atoms with E-state index in [2.05, 4.69) is 22.8 Å². The minimum Gasteiger partial charge on any atom is -0.348 e. The van der Waals surface area contributed by atoms with Crippen LogP contribution in [-0.2, 0) is 29.5 Å². The minimum atomic E-state index is -3.32. The van der Waals surface area contributed by atoms with Crippen LogP contribution in [-0.4, -0.2) is 19.6 Å². The molecule has 0 spiro atoms. The van der Waals surface area contributed by atoms with Gasteiger partial charge in [0.2, 0.25) is 0 Å². The molecule has 140 valence electrons. The van der Waals surface area contributed by atoms with Gasteiger partial charge in [0.05, 0.1) is 10.1 Å². The maximum Gasteiger partial charge on any atom is 0.251 e. The molecule has 2 N–H and O–H groups in total. The van der Waals surface area contributed by atoms with Crippen molar-refractivity contribution < 1.29 is 13.2 Å². The Labute approximate surface area is 160 Å². The van der Waals surface area contributed by atoms with E-state index in [-0.39, 0.29) is 23.2 Å². The van der Waals surface area contributed by atoms with Crippen molar-refractivity contribution in [2.75, 3.05) is 0 Å². The van der Waals surface area contributed by atoms with Gasteiger partial charge in [-0.1, -0.05) is 18.2 Å². The number of carbonyl (C=O) groups excluding carboxylic acids is 1. The van der Waals surface area contributed by atoms with Crippen molar-refractivity contribution >= 4 is 28.2 Å². The van der Waals surface area contributed by atoms with Crippen molar-refractivity contribution in [1.82, 2.24) is 10.6 Å². The molecular formula is C19H23ClN2O3S. The standard InChI is InChI=1S/C19H22N2O3S.ClH/c1-13(2)25(23,24)18-7-5-15(6-8-18)19(22)21-10-14-3-4-16-11-20-12-17(16)9-14;/h3-9,13,20H,10-12H2,1-2H3,(H,21,22);1H. The third-order valence-corrected chi connectivity index (χ3v) is 6.59. The second-order valence-corrected chi connectivity index (χ2v) is 9.01. The first-order valence-corrected chi connectivity index (χ1v) is 9.86. The van der Waals surface area contributed by atoms with E-state index in [4.69, 9.17) is 0 Å². The summed E-state index contributed by atoms with van der Waals surface area (Å²) < 4.78 is 24.2. The minimum absolute atomic E-state index is 0. The number of hydrogen-bond donors (Lipinski definition) is 2. The first-order chi connectivity index (χ1) is 11.9. The summed E-state index contributed by atoms with van der Waals surface area (Å²) in [4.78, 5) is 12.5. The molecule has 0 saturated carbocycles. The number of sulfone groups is 1. The molecule has 3 rings (SSSR count). The molecule has 0 fully saturated rings. The Balaban J connectivity index is 0.00000243. The largest absolute Gasteiger partial charge is 0.348 e. The lowest BCUT2D eigenvalue weighted by Gasteiger charge is -2.09. The summed E-state index contributed by atoms with van der Waals surface area (Å²) in [6.07, 6.45) is 0. The molecule has 1 aliphatic heterocycles. The lowest BCUT2D eigenvalue weighted by molar-refractivity contribution is 0.0951. The van der Waals surface area contributed by atoms with Gasteiger partial charge in [0, 0.05) is 25.2 Å². The normalized spacial score (nSPS) is 13.2. The molecule has 0 radical (unpaired) electrons. The van der Waals surface area contributed by atoms with Crippen LogP contribution in [0.1, 0.15) is 40.9 Å². The molecule has 1 heterocycles. The highest BCUT2D eigenvalue weighted by Gasteiger charge is 2.19. The highest BCUT2D eigenvalue weighted by Crippen LogP contribution is 2.18. The van der Waals surface area contributed by atoms with Crippen LogP contribution in [0.5, 0.6) is 0 Å². The number of carbonyl (C=O) groups is 1. The lowest BCUT2D eigenvalue weighted by atomic mass is 10.1. The highest BCUT2D eigenvalue weighted by atomic mass is 35.5. The first kappa shape index (κ1) is 20.4. The number of fused-ring (bicyclic) bond motifs is 1. The maximum atomic E-state index is 12.3. The monoisotopic (exact) mass is 394 g/mol. The molecule has 1 aliphatic rings. The average Bonchev–Trinajstić information content (AvgIpc) is 3.07. The van der Waals surface area contributed by atoms with Gasteiger partial charge in [0.1, 0.15) is 0 Å². The number of benzene rings is 2. The predicted molar refractivity (Wildman–Crippen MR) is 104 cm³/mol. The van der Waals surface area contributed by atoms with Crippen LogP contribution in [0.25, 0.3) is 0 Å². The summed E-state index contributed by atoms with van der Waals surface area (Å²) in [5, 5.41) is 5.69. The zero-order valence-electron chi connectivity index (χ0n) is 14.8. The van der Waals surface area contributed by atoms with E-state index in [9.17, 15) is 13.2 Å². The molecule has 0 atom stereocenters. The van der Waals surface area contributed by atoms with Crippen molar-refractivity contribution in [3.63, 3.8) is 0 Å². The predicted octanol–water partition coefficient (Wildman–Crippen LogP) is 2.82.